The number of halogens is 1. The van der Waals surface area contributed by atoms with E-state index in [2.05, 4.69) is 20.7 Å². The molecule has 29 heavy (non-hydrogen) atoms. The van der Waals surface area contributed by atoms with Crippen molar-refractivity contribution in [3.8, 4) is 11.3 Å². The molecule has 1 N–H and O–H groups in total. The van der Waals surface area contributed by atoms with Crippen LogP contribution >= 0.6 is 34.7 Å². The van der Waals surface area contributed by atoms with Crippen molar-refractivity contribution in [2.75, 3.05) is 5.32 Å². The molecule has 4 rings (SSSR count). The zero-order chi connectivity index (χ0) is 20.1. The number of carbonyl (C=O) groups is 1. The summed E-state index contributed by atoms with van der Waals surface area (Å²) in [7, 11) is 0. The summed E-state index contributed by atoms with van der Waals surface area (Å²) in [5, 5.41) is 16.1. The molecule has 0 radical (unpaired) electrons. The third kappa shape index (κ3) is 5.44. The van der Waals surface area contributed by atoms with Gasteiger partial charge in [-0.3, -0.25) is 4.79 Å². The topological polar surface area (TPSA) is 80.9 Å². The van der Waals surface area contributed by atoms with Gasteiger partial charge in [0.05, 0.1) is 6.42 Å². The number of hydrogen-bond donors (Lipinski definition) is 1. The van der Waals surface area contributed by atoms with Crippen LogP contribution in [0.3, 0.4) is 0 Å². The van der Waals surface area contributed by atoms with Crippen LogP contribution < -0.4 is 5.32 Å². The number of carbonyl (C=O) groups excluding carboxylic acids is 1. The van der Waals surface area contributed by atoms with Gasteiger partial charge in [-0.25, -0.2) is 0 Å². The summed E-state index contributed by atoms with van der Waals surface area (Å²) in [4.78, 5) is 12.3. The maximum Gasteiger partial charge on any atom is 0.233 e. The van der Waals surface area contributed by atoms with Gasteiger partial charge in [0.1, 0.15) is 11.5 Å². The van der Waals surface area contributed by atoms with Crippen molar-refractivity contribution < 1.29 is 9.32 Å². The van der Waals surface area contributed by atoms with Crippen molar-refractivity contribution in [3.05, 3.63) is 77.0 Å². The number of aromatic nitrogens is 3. The average Bonchev–Trinajstić information content (AvgIpc) is 3.38. The maximum absolute atomic E-state index is 12.3. The molecular weight excluding hydrogens is 428 g/mol. The van der Waals surface area contributed by atoms with Crippen molar-refractivity contribution in [2.24, 2.45) is 0 Å². The first kappa shape index (κ1) is 19.6. The first-order valence-corrected chi connectivity index (χ1v) is 10.9. The van der Waals surface area contributed by atoms with Crippen LogP contribution in [0.25, 0.3) is 11.3 Å². The Hall–Kier alpha value is -2.68. The second-order valence-corrected chi connectivity index (χ2v) is 8.69. The monoisotopic (exact) mass is 442 g/mol. The Morgan fingerprint density at radius 2 is 1.90 bits per heavy atom. The fourth-order valence-corrected chi connectivity index (χ4v) is 4.36. The molecule has 0 saturated heterocycles. The highest BCUT2D eigenvalue weighted by Gasteiger charge is 2.13. The summed E-state index contributed by atoms with van der Waals surface area (Å²) in [5.74, 6) is 1.01. The van der Waals surface area contributed by atoms with Crippen LogP contribution in [0.2, 0.25) is 5.02 Å². The van der Waals surface area contributed by atoms with E-state index in [1.54, 1.807) is 17.8 Å². The molecule has 0 spiro atoms. The normalized spacial score (nSPS) is 10.8. The largest absolute Gasteiger partial charge is 0.360 e. The minimum atomic E-state index is -0.230. The molecular formula is C20H15ClN4O2S2. The van der Waals surface area contributed by atoms with Gasteiger partial charge in [0, 0.05) is 22.4 Å². The van der Waals surface area contributed by atoms with Gasteiger partial charge in [-0.15, -0.1) is 10.2 Å². The molecule has 2 aromatic heterocycles. The molecule has 6 nitrogen and oxygen atoms in total. The zero-order valence-corrected chi connectivity index (χ0v) is 17.4. The Morgan fingerprint density at radius 1 is 1.10 bits per heavy atom. The van der Waals surface area contributed by atoms with Crippen LogP contribution in [-0.2, 0) is 17.0 Å². The number of rotatable bonds is 7. The number of hydrogen-bond acceptors (Lipinski definition) is 7. The van der Waals surface area contributed by atoms with Crippen LogP contribution in [0.1, 0.15) is 11.3 Å². The highest BCUT2D eigenvalue weighted by atomic mass is 35.5. The van der Waals surface area contributed by atoms with E-state index >= 15 is 0 Å². The number of amides is 1. The SMILES string of the molecule is O=C(Cc1cc(-c2ccccc2)no1)Nc1nnc(SCc2ccc(Cl)cc2)s1. The molecule has 4 aromatic rings. The lowest BCUT2D eigenvalue weighted by Crippen LogP contribution is -2.13. The van der Waals surface area contributed by atoms with Crippen LogP contribution in [0.5, 0.6) is 0 Å². The van der Waals surface area contributed by atoms with Crippen LogP contribution in [0.4, 0.5) is 5.13 Å². The molecule has 0 bridgehead atoms. The Labute approximate surface area is 180 Å². The highest BCUT2D eigenvalue weighted by Crippen LogP contribution is 2.28. The summed E-state index contributed by atoms with van der Waals surface area (Å²) in [6, 6.07) is 19.1. The molecule has 0 aliphatic carbocycles. The molecule has 1 amide bonds. The van der Waals surface area contributed by atoms with Gasteiger partial charge in [0.2, 0.25) is 11.0 Å². The fourth-order valence-electron chi connectivity index (χ4n) is 2.51. The van der Waals surface area contributed by atoms with E-state index in [9.17, 15) is 4.79 Å². The third-order valence-electron chi connectivity index (χ3n) is 3.89. The molecule has 0 atom stereocenters. The van der Waals surface area contributed by atoms with E-state index < -0.39 is 0 Å². The summed E-state index contributed by atoms with van der Waals surface area (Å²) in [5.41, 5.74) is 2.78. The molecule has 0 saturated carbocycles. The van der Waals surface area contributed by atoms with Crippen LogP contribution in [0, 0.1) is 0 Å². The summed E-state index contributed by atoms with van der Waals surface area (Å²) >= 11 is 8.78. The molecule has 0 aliphatic heterocycles. The van der Waals surface area contributed by atoms with E-state index in [4.69, 9.17) is 16.1 Å². The molecule has 9 heteroatoms. The number of benzene rings is 2. The smallest absolute Gasteiger partial charge is 0.233 e. The summed E-state index contributed by atoms with van der Waals surface area (Å²) in [6.07, 6.45) is 0.0761. The zero-order valence-electron chi connectivity index (χ0n) is 15.0. The van der Waals surface area contributed by atoms with E-state index in [1.807, 2.05) is 54.6 Å². The molecule has 0 fully saturated rings. The van der Waals surface area contributed by atoms with Crippen molar-refractivity contribution in [1.29, 1.82) is 0 Å². The molecule has 2 heterocycles. The second kappa shape index (κ2) is 9.21. The Bertz CT molecular complexity index is 1100. The molecule has 146 valence electrons. The maximum atomic E-state index is 12.3. The fraction of sp³-hybridized carbons (Fsp3) is 0.100. The Morgan fingerprint density at radius 3 is 2.69 bits per heavy atom. The van der Waals surface area contributed by atoms with E-state index in [0.29, 0.717) is 21.6 Å². The van der Waals surface area contributed by atoms with E-state index in [-0.39, 0.29) is 12.3 Å². The predicted octanol–water partition coefficient (Wildman–Crippen LogP) is 5.32. The minimum absolute atomic E-state index is 0.0761. The van der Waals surface area contributed by atoms with E-state index in [1.165, 1.54) is 11.3 Å². The Kier molecular flexibility index (Phi) is 6.24. The summed E-state index contributed by atoms with van der Waals surface area (Å²) < 4.78 is 6.05. The first-order chi connectivity index (χ1) is 14.2. The van der Waals surface area contributed by atoms with Gasteiger partial charge in [0.25, 0.3) is 0 Å². The number of nitrogens with zero attached hydrogens (tertiary/aromatic N) is 3. The highest BCUT2D eigenvalue weighted by molar-refractivity contribution is 8.00. The molecule has 0 unspecified atom stereocenters. The lowest BCUT2D eigenvalue weighted by molar-refractivity contribution is -0.115. The average molecular weight is 443 g/mol. The van der Waals surface area contributed by atoms with Gasteiger partial charge in [0.15, 0.2) is 4.34 Å². The summed E-state index contributed by atoms with van der Waals surface area (Å²) in [6.45, 7) is 0. The van der Waals surface area contributed by atoms with Gasteiger partial charge in [-0.1, -0.05) is 82.3 Å². The number of anilines is 1. The second-order valence-electron chi connectivity index (χ2n) is 6.06. The lowest BCUT2D eigenvalue weighted by Gasteiger charge is -1.98. The molecule has 0 aliphatic rings. The molecule has 2 aromatic carbocycles. The lowest BCUT2D eigenvalue weighted by atomic mass is 10.1. The van der Waals surface area contributed by atoms with Crippen molar-refractivity contribution in [3.63, 3.8) is 0 Å². The Balaban J connectivity index is 1.30. The van der Waals surface area contributed by atoms with Crippen molar-refractivity contribution >= 4 is 45.7 Å². The first-order valence-electron chi connectivity index (χ1n) is 8.67. The number of nitrogens with one attached hydrogen (secondary N) is 1. The quantitative estimate of drug-likeness (QED) is 0.308. The predicted molar refractivity (Wildman–Crippen MR) is 115 cm³/mol. The van der Waals surface area contributed by atoms with Gasteiger partial charge < -0.3 is 9.84 Å². The van der Waals surface area contributed by atoms with Gasteiger partial charge in [-0.05, 0) is 17.7 Å². The third-order valence-corrected chi connectivity index (χ3v) is 6.19. The van der Waals surface area contributed by atoms with Crippen LogP contribution in [-0.4, -0.2) is 21.3 Å². The van der Waals surface area contributed by atoms with Crippen molar-refractivity contribution in [1.82, 2.24) is 15.4 Å². The van der Waals surface area contributed by atoms with Crippen molar-refractivity contribution in [2.45, 2.75) is 16.5 Å². The minimum Gasteiger partial charge on any atom is -0.360 e. The van der Waals surface area contributed by atoms with Crippen LogP contribution in [0.15, 0.2) is 69.5 Å². The van der Waals surface area contributed by atoms with Gasteiger partial charge in [-0.2, -0.15) is 0 Å². The standard InChI is InChI=1S/C20H15ClN4O2S2/c21-15-8-6-13(7-9-15)12-28-20-24-23-19(29-20)22-18(26)11-16-10-17(25-27-16)14-4-2-1-3-5-14/h1-10H,11-12H2,(H,22,23,26). The number of thioether (sulfide) groups is 1. The van der Waals surface area contributed by atoms with Gasteiger partial charge >= 0.3 is 0 Å². The van der Waals surface area contributed by atoms with E-state index in [0.717, 1.165) is 21.2 Å².